The lowest BCUT2D eigenvalue weighted by molar-refractivity contribution is 0.0225. The van der Waals surface area contributed by atoms with Crippen molar-refractivity contribution in [2.24, 2.45) is 5.92 Å². The van der Waals surface area contributed by atoms with Crippen LogP contribution in [0.15, 0.2) is 59.7 Å². The van der Waals surface area contributed by atoms with Gasteiger partial charge in [-0.2, -0.15) is 0 Å². The van der Waals surface area contributed by atoms with Crippen LogP contribution in [0.1, 0.15) is 40.9 Å². The van der Waals surface area contributed by atoms with E-state index in [2.05, 4.69) is 15.3 Å². The normalized spacial score (nSPS) is 20.3. The summed E-state index contributed by atoms with van der Waals surface area (Å²) < 4.78 is 7.55. The van der Waals surface area contributed by atoms with Gasteiger partial charge in [0.05, 0.1) is 30.7 Å². The SMILES string of the molecule is O=C(N[C@@H](c1ccccn1)C1CC(O)C1)c1ccc(Cn2ccnc2)o1. The Morgan fingerprint density at radius 1 is 1.31 bits per heavy atom. The average Bonchev–Trinajstić information content (AvgIpc) is 3.30. The third-order valence-electron chi connectivity index (χ3n) is 4.70. The topological polar surface area (TPSA) is 93.2 Å². The molecule has 1 fully saturated rings. The maximum Gasteiger partial charge on any atom is 0.287 e. The number of furan rings is 1. The standard InChI is InChI=1S/C19H20N4O3/c24-14-9-13(10-14)18(16-3-1-2-6-21-16)22-19(25)17-5-4-15(26-17)11-23-8-7-20-12-23/h1-8,12-14,18,24H,9-11H2,(H,22,25)/t13?,14?,18-/m1/s1. The number of aliphatic hydroxyl groups excluding tert-OH is 1. The lowest BCUT2D eigenvalue weighted by atomic mass is 9.76. The molecule has 1 aliphatic carbocycles. The summed E-state index contributed by atoms with van der Waals surface area (Å²) in [6.45, 7) is 0.520. The number of hydrogen-bond donors (Lipinski definition) is 2. The minimum atomic E-state index is -0.298. The Bertz CT molecular complexity index is 854. The Balaban J connectivity index is 1.47. The van der Waals surface area contributed by atoms with Crippen molar-refractivity contribution in [1.82, 2.24) is 19.9 Å². The van der Waals surface area contributed by atoms with E-state index >= 15 is 0 Å². The van der Waals surface area contributed by atoms with Crippen molar-refractivity contribution >= 4 is 5.91 Å². The van der Waals surface area contributed by atoms with Gasteiger partial charge in [0.15, 0.2) is 5.76 Å². The largest absolute Gasteiger partial charge is 0.454 e. The van der Waals surface area contributed by atoms with Crippen LogP contribution in [0.4, 0.5) is 0 Å². The van der Waals surface area contributed by atoms with Crippen molar-refractivity contribution in [2.75, 3.05) is 0 Å². The minimum absolute atomic E-state index is 0.171. The van der Waals surface area contributed by atoms with Crippen molar-refractivity contribution in [3.63, 3.8) is 0 Å². The van der Waals surface area contributed by atoms with E-state index in [0.29, 0.717) is 25.1 Å². The second-order valence-electron chi connectivity index (χ2n) is 6.59. The van der Waals surface area contributed by atoms with E-state index in [-0.39, 0.29) is 29.7 Å². The van der Waals surface area contributed by atoms with Gasteiger partial charge in [-0.1, -0.05) is 6.07 Å². The Hall–Kier alpha value is -2.93. The molecule has 1 amide bonds. The molecule has 4 rings (SSSR count). The number of imidazole rings is 1. The quantitative estimate of drug-likeness (QED) is 0.709. The molecular weight excluding hydrogens is 332 g/mol. The molecule has 0 aliphatic heterocycles. The molecular formula is C19H20N4O3. The lowest BCUT2D eigenvalue weighted by Crippen LogP contribution is -2.41. The minimum Gasteiger partial charge on any atom is -0.454 e. The summed E-state index contributed by atoms with van der Waals surface area (Å²) in [4.78, 5) is 21.0. The lowest BCUT2D eigenvalue weighted by Gasteiger charge is -2.37. The number of carbonyl (C=O) groups is 1. The number of hydrogen-bond acceptors (Lipinski definition) is 5. The van der Waals surface area contributed by atoms with Crippen LogP contribution in [0.5, 0.6) is 0 Å². The maximum absolute atomic E-state index is 12.7. The first-order valence-electron chi connectivity index (χ1n) is 8.63. The highest BCUT2D eigenvalue weighted by Crippen LogP contribution is 2.37. The van der Waals surface area contributed by atoms with E-state index in [1.807, 2.05) is 29.0 Å². The van der Waals surface area contributed by atoms with Crippen molar-refractivity contribution < 1.29 is 14.3 Å². The first-order chi connectivity index (χ1) is 12.7. The van der Waals surface area contributed by atoms with Crippen molar-refractivity contribution in [3.8, 4) is 0 Å². The van der Waals surface area contributed by atoms with Crippen LogP contribution in [0.2, 0.25) is 0 Å². The van der Waals surface area contributed by atoms with E-state index in [4.69, 9.17) is 4.42 Å². The zero-order valence-corrected chi connectivity index (χ0v) is 14.2. The molecule has 3 aromatic heterocycles. The molecule has 0 saturated heterocycles. The molecule has 134 valence electrons. The Labute approximate surface area is 150 Å². The van der Waals surface area contributed by atoms with Crippen LogP contribution in [-0.4, -0.2) is 31.7 Å². The van der Waals surface area contributed by atoms with Crippen molar-refractivity contribution in [3.05, 3.63) is 72.5 Å². The number of aromatic nitrogens is 3. The Kier molecular flexibility index (Phi) is 4.53. The van der Waals surface area contributed by atoms with Gasteiger partial charge in [-0.25, -0.2) is 4.98 Å². The highest BCUT2D eigenvalue weighted by molar-refractivity contribution is 5.91. The monoisotopic (exact) mass is 352 g/mol. The molecule has 1 atom stereocenters. The third-order valence-corrected chi connectivity index (χ3v) is 4.70. The molecule has 0 spiro atoms. The van der Waals surface area contributed by atoms with Gasteiger partial charge in [0.25, 0.3) is 5.91 Å². The number of nitrogens with one attached hydrogen (secondary N) is 1. The summed E-state index contributed by atoms with van der Waals surface area (Å²) in [6, 6.07) is 8.85. The molecule has 1 aliphatic rings. The van der Waals surface area contributed by atoms with Gasteiger partial charge in [-0.15, -0.1) is 0 Å². The molecule has 0 bridgehead atoms. The smallest absolute Gasteiger partial charge is 0.287 e. The summed E-state index contributed by atoms with van der Waals surface area (Å²) in [7, 11) is 0. The van der Waals surface area contributed by atoms with Crippen LogP contribution in [0, 0.1) is 5.92 Å². The zero-order valence-electron chi connectivity index (χ0n) is 14.2. The van der Waals surface area contributed by atoms with E-state index in [1.54, 1.807) is 30.9 Å². The van der Waals surface area contributed by atoms with E-state index in [9.17, 15) is 9.90 Å². The predicted octanol–water partition coefficient (Wildman–Crippen LogP) is 2.16. The van der Waals surface area contributed by atoms with Crippen LogP contribution < -0.4 is 5.32 Å². The fourth-order valence-corrected chi connectivity index (χ4v) is 3.25. The molecule has 7 nitrogen and oxygen atoms in total. The summed E-state index contributed by atoms with van der Waals surface area (Å²) in [5, 5.41) is 12.7. The van der Waals surface area contributed by atoms with Gasteiger partial charge in [0.1, 0.15) is 5.76 Å². The van der Waals surface area contributed by atoms with Crippen LogP contribution >= 0.6 is 0 Å². The first kappa shape index (κ1) is 16.5. The molecule has 7 heteroatoms. The van der Waals surface area contributed by atoms with Crippen molar-refractivity contribution in [1.29, 1.82) is 0 Å². The fraction of sp³-hybridized carbons (Fsp3) is 0.316. The highest BCUT2D eigenvalue weighted by Gasteiger charge is 2.36. The van der Waals surface area contributed by atoms with Gasteiger partial charge in [-0.3, -0.25) is 9.78 Å². The number of rotatable bonds is 6. The number of carbonyl (C=O) groups excluding carboxylic acids is 1. The average molecular weight is 352 g/mol. The van der Waals surface area contributed by atoms with Gasteiger partial charge in [0.2, 0.25) is 0 Å². The van der Waals surface area contributed by atoms with Gasteiger partial charge in [-0.05, 0) is 43.0 Å². The van der Waals surface area contributed by atoms with Gasteiger partial charge < -0.3 is 19.4 Å². The number of amides is 1. The third kappa shape index (κ3) is 3.52. The second-order valence-corrected chi connectivity index (χ2v) is 6.59. The molecule has 2 N–H and O–H groups in total. The summed E-state index contributed by atoms with van der Waals surface area (Å²) >= 11 is 0. The maximum atomic E-state index is 12.7. The summed E-state index contributed by atoms with van der Waals surface area (Å²) in [5.74, 6) is 0.839. The number of nitrogens with zero attached hydrogens (tertiary/aromatic N) is 3. The van der Waals surface area contributed by atoms with Crippen LogP contribution in [0.3, 0.4) is 0 Å². The van der Waals surface area contributed by atoms with Gasteiger partial charge in [0, 0.05) is 18.6 Å². The van der Waals surface area contributed by atoms with Gasteiger partial charge >= 0.3 is 0 Å². The molecule has 0 unspecified atom stereocenters. The molecule has 0 radical (unpaired) electrons. The Morgan fingerprint density at radius 2 is 2.19 bits per heavy atom. The summed E-state index contributed by atoms with van der Waals surface area (Å²) in [6.07, 6.45) is 7.95. The second kappa shape index (κ2) is 7.13. The molecule has 0 aromatic carbocycles. The predicted molar refractivity (Wildman–Crippen MR) is 93.2 cm³/mol. The molecule has 1 saturated carbocycles. The van der Waals surface area contributed by atoms with E-state index in [1.165, 1.54) is 0 Å². The van der Waals surface area contributed by atoms with E-state index in [0.717, 1.165) is 5.69 Å². The Morgan fingerprint density at radius 3 is 2.88 bits per heavy atom. The van der Waals surface area contributed by atoms with Crippen LogP contribution in [0.25, 0.3) is 0 Å². The number of pyridine rings is 1. The summed E-state index contributed by atoms with van der Waals surface area (Å²) in [5.41, 5.74) is 0.794. The van der Waals surface area contributed by atoms with Crippen molar-refractivity contribution in [2.45, 2.75) is 31.5 Å². The molecule has 3 heterocycles. The zero-order chi connectivity index (χ0) is 17.9. The molecule has 3 aromatic rings. The first-order valence-corrected chi connectivity index (χ1v) is 8.63. The molecule has 26 heavy (non-hydrogen) atoms. The highest BCUT2D eigenvalue weighted by atomic mass is 16.4. The van der Waals surface area contributed by atoms with Crippen LogP contribution in [-0.2, 0) is 6.54 Å². The number of aliphatic hydroxyl groups is 1. The van der Waals surface area contributed by atoms with E-state index < -0.39 is 0 Å². The fourth-order valence-electron chi connectivity index (χ4n) is 3.25.